The molecule has 21 heavy (non-hydrogen) atoms. The summed E-state index contributed by atoms with van der Waals surface area (Å²) in [5, 5.41) is 0. The minimum absolute atomic E-state index is 0.189. The molecule has 4 heteroatoms. The van der Waals surface area contributed by atoms with E-state index >= 15 is 0 Å². The molecule has 116 valence electrons. The van der Waals surface area contributed by atoms with E-state index in [0.717, 1.165) is 41.5 Å². The van der Waals surface area contributed by atoms with Gasteiger partial charge in [-0.1, -0.05) is 13.0 Å². The number of rotatable bonds is 5. The predicted molar refractivity (Wildman–Crippen MR) is 86.8 cm³/mol. The number of halogens is 1. The van der Waals surface area contributed by atoms with Crippen LogP contribution in [-0.4, -0.2) is 25.6 Å². The van der Waals surface area contributed by atoms with E-state index in [4.69, 9.17) is 9.47 Å². The topological polar surface area (TPSA) is 35.5 Å². The van der Waals surface area contributed by atoms with Crippen LogP contribution >= 0.6 is 15.9 Å². The van der Waals surface area contributed by atoms with Gasteiger partial charge < -0.3 is 9.47 Å². The Labute approximate surface area is 135 Å². The monoisotopic (exact) mass is 354 g/mol. The van der Waals surface area contributed by atoms with Crippen molar-refractivity contribution in [2.75, 3.05) is 14.2 Å². The third-order valence-electron chi connectivity index (χ3n) is 4.56. The molecule has 1 aliphatic carbocycles. The van der Waals surface area contributed by atoms with E-state index < -0.39 is 5.60 Å². The molecule has 0 saturated heterocycles. The van der Waals surface area contributed by atoms with E-state index in [9.17, 15) is 4.79 Å². The average molecular weight is 355 g/mol. The fourth-order valence-corrected chi connectivity index (χ4v) is 3.58. The van der Waals surface area contributed by atoms with Gasteiger partial charge in [0.25, 0.3) is 0 Å². The van der Waals surface area contributed by atoms with Crippen LogP contribution in [0.2, 0.25) is 0 Å². The number of hydrogen-bond donors (Lipinski definition) is 0. The van der Waals surface area contributed by atoms with E-state index in [1.165, 1.54) is 0 Å². The van der Waals surface area contributed by atoms with Gasteiger partial charge in [-0.2, -0.15) is 0 Å². The van der Waals surface area contributed by atoms with Crippen molar-refractivity contribution in [1.29, 1.82) is 0 Å². The normalized spacial score (nSPS) is 25.6. The summed E-state index contributed by atoms with van der Waals surface area (Å²) in [6.45, 7) is 2.24. The standard InChI is InChI=1S/C17H23BrO3/c1-12-6-8-17(21-3,9-7-12)16(19)11-13-4-5-15(20-2)14(18)10-13/h4-5,10,12H,6-9,11H2,1-3H3. The van der Waals surface area contributed by atoms with Gasteiger partial charge in [-0.05, 0) is 65.2 Å². The van der Waals surface area contributed by atoms with E-state index in [0.29, 0.717) is 12.3 Å². The molecule has 0 N–H and O–H groups in total. The molecule has 0 unspecified atom stereocenters. The summed E-state index contributed by atoms with van der Waals surface area (Å²) in [6.07, 6.45) is 4.20. The van der Waals surface area contributed by atoms with Gasteiger partial charge in [-0.3, -0.25) is 4.79 Å². The Bertz CT molecular complexity index is 505. The van der Waals surface area contributed by atoms with Crippen LogP contribution in [0.15, 0.2) is 22.7 Å². The summed E-state index contributed by atoms with van der Waals surface area (Å²) in [7, 11) is 3.30. The van der Waals surface area contributed by atoms with Gasteiger partial charge in [0.15, 0.2) is 5.78 Å². The van der Waals surface area contributed by atoms with Crippen LogP contribution in [0.25, 0.3) is 0 Å². The summed E-state index contributed by atoms with van der Waals surface area (Å²) in [6, 6.07) is 5.77. The lowest BCUT2D eigenvalue weighted by molar-refractivity contribution is -0.145. The fourth-order valence-electron chi connectivity index (χ4n) is 2.99. The smallest absolute Gasteiger partial charge is 0.168 e. The van der Waals surface area contributed by atoms with Crippen molar-refractivity contribution in [2.45, 2.75) is 44.6 Å². The van der Waals surface area contributed by atoms with E-state index in [2.05, 4.69) is 22.9 Å². The minimum atomic E-state index is -0.584. The summed E-state index contributed by atoms with van der Waals surface area (Å²) >= 11 is 3.46. The molecule has 0 amide bonds. The zero-order valence-corrected chi connectivity index (χ0v) is 14.5. The van der Waals surface area contributed by atoms with Crippen LogP contribution in [-0.2, 0) is 16.0 Å². The van der Waals surface area contributed by atoms with Crippen molar-refractivity contribution < 1.29 is 14.3 Å². The second-order valence-corrected chi connectivity index (χ2v) is 6.80. The lowest BCUT2D eigenvalue weighted by Gasteiger charge is -2.37. The van der Waals surface area contributed by atoms with Gasteiger partial charge in [-0.25, -0.2) is 0 Å². The highest BCUT2D eigenvalue weighted by Crippen LogP contribution is 2.36. The highest BCUT2D eigenvalue weighted by molar-refractivity contribution is 9.10. The molecule has 1 aromatic carbocycles. The first-order valence-electron chi connectivity index (χ1n) is 7.41. The molecule has 1 aliphatic rings. The van der Waals surface area contributed by atoms with Crippen molar-refractivity contribution in [3.8, 4) is 5.75 Å². The summed E-state index contributed by atoms with van der Waals surface area (Å²) in [4.78, 5) is 12.7. The van der Waals surface area contributed by atoms with Crippen molar-refractivity contribution in [1.82, 2.24) is 0 Å². The Kier molecular flexibility index (Phi) is 5.44. The molecule has 0 radical (unpaired) electrons. The summed E-state index contributed by atoms with van der Waals surface area (Å²) < 4.78 is 11.7. The SMILES string of the molecule is COc1ccc(CC(=O)C2(OC)CCC(C)CC2)cc1Br. The number of ketones is 1. The van der Waals surface area contributed by atoms with Crippen molar-refractivity contribution in [3.05, 3.63) is 28.2 Å². The highest BCUT2D eigenvalue weighted by atomic mass is 79.9. The lowest BCUT2D eigenvalue weighted by Crippen LogP contribution is -2.44. The molecular formula is C17H23BrO3. The second-order valence-electron chi connectivity index (χ2n) is 5.95. The van der Waals surface area contributed by atoms with E-state index in [-0.39, 0.29) is 5.78 Å². The first-order chi connectivity index (χ1) is 10.0. The number of carbonyl (C=O) groups is 1. The number of benzene rings is 1. The van der Waals surface area contributed by atoms with Gasteiger partial charge in [0.2, 0.25) is 0 Å². The third kappa shape index (κ3) is 3.67. The number of Topliss-reactive ketones (excluding diaryl/α,β-unsaturated/α-hetero) is 1. The third-order valence-corrected chi connectivity index (χ3v) is 5.18. The Hall–Kier alpha value is -0.870. The van der Waals surface area contributed by atoms with Gasteiger partial charge in [0.1, 0.15) is 11.4 Å². The maximum atomic E-state index is 12.7. The molecular weight excluding hydrogens is 332 g/mol. The minimum Gasteiger partial charge on any atom is -0.496 e. The van der Waals surface area contributed by atoms with Crippen LogP contribution in [0.5, 0.6) is 5.75 Å². The van der Waals surface area contributed by atoms with Crippen molar-refractivity contribution in [2.24, 2.45) is 5.92 Å². The summed E-state index contributed by atoms with van der Waals surface area (Å²) in [5.41, 5.74) is 0.404. The number of carbonyl (C=O) groups excluding carboxylic acids is 1. The number of hydrogen-bond acceptors (Lipinski definition) is 3. The zero-order chi connectivity index (χ0) is 15.5. The largest absolute Gasteiger partial charge is 0.496 e. The maximum absolute atomic E-state index is 12.7. The predicted octanol–water partition coefficient (Wildman–Crippen LogP) is 4.16. The summed E-state index contributed by atoms with van der Waals surface area (Å²) in [5.74, 6) is 1.66. The van der Waals surface area contributed by atoms with E-state index in [1.54, 1.807) is 14.2 Å². The van der Waals surface area contributed by atoms with Gasteiger partial charge >= 0.3 is 0 Å². The first-order valence-corrected chi connectivity index (χ1v) is 8.21. The van der Waals surface area contributed by atoms with Crippen LogP contribution in [0.4, 0.5) is 0 Å². The van der Waals surface area contributed by atoms with E-state index in [1.807, 2.05) is 18.2 Å². The molecule has 0 spiro atoms. The molecule has 0 aliphatic heterocycles. The van der Waals surface area contributed by atoms with Crippen LogP contribution in [0.1, 0.15) is 38.2 Å². The Morgan fingerprint density at radius 1 is 1.33 bits per heavy atom. The fraction of sp³-hybridized carbons (Fsp3) is 0.588. The van der Waals surface area contributed by atoms with Crippen LogP contribution in [0.3, 0.4) is 0 Å². The molecule has 0 bridgehead atoms. The molecule has 2 rings (SSSR count). The Morgan fingerprint density at radius 3 is 2.52 bits per heavy atom. The zero-order valence-electron chi connectivity index (χ0n) is 12.9. The van der Waals surface area contributed by atoms with Crippen LogP contribution < -0.4 is 4.74 Å². The van der Waals surface area contributed by atoms with Crippen molar-refractivity contribution in [3.63, 3.8) is 0 Å². The second kappa shape index (κ2) is 6.93. The lowest BCUT2D eigenvalue weighted by atomic mass is 9.76. The molecule has 1 saturated carbocycles. The van der Waals surface area contributed by atoms with Gasteiger partial charge in [0, 0.05) is 13.5 Å². The molecule has 3 nitrogen and oxygen atoms in total. The quantitative estimate of drug-likeness (QED) is 0.796. The Balaban J connectivity index is 2.11. The maximum Gasteiger partial charge on any atom is 0.168 e. The number of ether oxygens (including phenoxy) is 2. The first kappa shape index (κ1) is 16.5. The molecule has 1 aromatic rings. The Morgan fingerprint density at radius 2 is 2.00 bits per heavy atom. The van der Waals surface area contributed by atoms with Crippen molar-refractivity contribution >= 4 is 21.7 Å². The average Bonchev–Trinajstić information content (AvgIpc) is 2.48. The van der Waals surface area contributed by atoms with Gasteiger partial charge in [0.05, 0.1) is 11.6 Å². The molecule has 1 fully saturated rings. The van der Waals surface area contributed by atoms with Gasteiger partial charge in [-0.15, -0.1) is 0 Å². The number of methoxy groups -OCH3 is 2. The molecule has 0 heterocycles. The highest BCUT2D eigenvalue weighted by Gasteiger charge is 2.40. The molecule has 0 atom stereocenters. The van der Waals surface area contributed by atoms with Crippen LogP contribution in [0, 0.1) is 5.92 Å². The molecule has 0 aromatic heterocycles.